The van der Waals surface area contributed by atoms with Gasteiger partial charge in [0.05, 0.1) is 11.2 Å². The van der Waals surface area contributed by atoms with Gasteiger partial charge in [-0.05, 0) is 40.2 Å². The van der Waals surface area contributed by atoms with Crippen molar-refractivity contribution in [2.45, 2.75) is 66.6 Å². The molecule has 0 bridgehead atoms. The predicted octanol–water partition coefficient (Wildman–Crippen LogP) is 3.28. The second-order valence-electron chi connectivity index (χ2n) is 8.33. The molecule has 0 radical (unpaired) electrons. The molecule has 5 heteroatoms. The van der Waals surface area contributed by atoms with E-state index in [0.29, 0.717) is 0 Å². The highest BCUT2D eigenvalue weighted by Gasteiger charge is 2.52. The molecule has 2 rings (SSSR count). The summed E-state index contributed by atoms with van der Waals surface area (Å²) in [6, 6.07) is 5.89. The molecule has 0 spiro atoms. The highest BCUT2D eigenvalue weighted by molar-refractivity contribution is 6.64. The van der Waals surface area contributed by atoms with Gasteiger partial charge in [0.1, 0.15) is 0 Å². The van der Waals surface area contributed by atoms with Crippen LogP contribution in [0.4, 0.5) is 5.69 Å². The van der Waals surface area contributed by atoms with Crippen LogP contribution in [0.5, 0.6) is 0 Å². The van der Waals surface area contributed by atoms with E-state index in [0.717, 1.165) is 16.7 Å². The van der Waals surface area contributed by atoms with E-state index in [4.69, 9.17) is 9.31 Å². The van der Waals surface area contributed by atoms with Gasteiger partial charge in [0.2, 0.25) is 5.91 Å². The Morgan fingerprint density at radius 2 is 1.61 bits per heavy atom. The number of carbonyl (C=O) groups is 1. The van der Waals surface area contributed by atoms with E-state index in [2.05, 4.69) is 5.32 Å². The number of aryl methyl sites for hydroxylation is 1. The quantitative estimate of drug-likeness (QED) is 0.852. The molecular formula is C18H28BNO3. The molecule has 126 valence electrons. The van der Waals surface area contributed by atoms with Gasteiger partial charge in [0, 0.05) is 16.6 Å². The molecule has 0 saturated carbocycles. The summed E-state index contributed by atoms with van der Waals surface area (Å²) < 4.78 is 12.3. The molecule has 23 heavy (non-hydrogen) atoms. The monoisotopic (exact) mass is 317 g/mol. The highest BCUT2D eigenvalue weighted by Crippen LogP contribution is 2.37. The van der Waals surface area contributed by atoms with E-state index >= 15 is 0 Å². The molecule has 1 aromatic carbocycles. The fourth-order valence-electron chi connectivity index (χ4n) is 2.33. The number of hydrogen-bond donors (Lipinski definition) is 1. The standard InChI is InChI=1S/C18H28BNO3/c1-12-10-9-11-13(14(12)20-15(21)16(2,3)4)19-22-17(5,6)18(7,8)23-19/h9-11H,1-8H3,(H,20,21). The lowest BCUT2D eigenvalue weighted by molar-refractivity contribution is -0.123. The molecule has 0 aromatic heterocycles. The largest absolute Gasteiger partial charge is 0.496 e. The minimum atomic E-state index is -0.491. The Morgan fingerprint density at radius 1 is 1.09 bits per heavy atom. The van der Waals surface area contributed by atoms with Gasteiger partial charge < -0.3 is 14.6 Å². The lowest BCUT2D eigenvalue weighted by atomic mass is 9.76. The number of benzene rings is 1. The summed E-state index contributed by atoms with van der Waals surface area (Å²) in [6.45, 7) is 15.8. The van der Waals surface area contributed by atoms with Gasteiger partial charge in [-0.25, -0.2) is 0 Å². The average molecular weight is 317 g/mol. The first kappa shape index (κ1) is 18.0. The van der Waals surface area contributed by atoms with Crippen molar-refractivity contribution in [2.75, 3.05) is 5.32 Å². The summed E-state index contributed by atoms with van der Waals surface area (Å²) in [7, 11) is -0.491. The van der Waals surface area contributed by atoms with Crippen molar-refractivity contribution in [3.8, 4) is 0 Å². The number of hydrogen-bond acceptors (Lipinski definition) is 3. The Labute approximate surface area is 140 Å². The zero-order valence-electron chi connectivity index (χ0n) is 15.5. The SMILES string of the molecule is Cc1cccc(B2OC(C)(C)C(C)(C)O2)c1NC(=O)C(C)(C)C. The van der Waals surface area contributed by atoms with Gasteiger partial charge in [-0.2, -0.15) is 0 Å². The Bertz CT molecular complexity index is 601. The van der Waals surface area contributed by atoms with E-state index in [1.165, 1.54) is 0 Å². The number of carbonyl (C=O) groups excluding carboxylic acids is 1. The highest BCUT2D eigenvalue weighted by atomic mass is 16.7. The van der Waals surface area contributed by atoms with Gasteiger partial charge >= 0.3 is 7.12 Å². The molecule has 1 amide bonds. The smallest absolute Gasteiger partial charge is 0.399 e. The van der Waals surface area contributed by atoms with Crippen molar-refractivity contribution in [2.24, 2.45) is 5.41 Å². The molecule has 1 heterocycles. The van der Waals surface area contributed by atoms with Crippen molar-refractivity contribution in [1.29, 1.82) is 0 Å². The zero-order chi connectivity index (χ0) is 17.6. The molecular weight excluding hydrogens is 289 g/mol. The predicted molar refractivity (Wildman–Crippen MR) is 95.0 cm³/mol. The minimum Gasteiger partial charge on any atom is -0.399 e. The topological polar surface area (TPSA) is 47.6 Å². The average Bonchev–Trinajstić information content (AvgIpc) is 2.59. The Balaban J connectivity index is 2.38. The van der Waals surface area contributed by atoms with Crippen LogP contribution in [0, 0.1) is 12.3 Å². The van der Waals surface area contributed by atoms with Crippen molar-refractivity contribution in [3.63, 3.8) is 0 Å². The second-order valence-corrected chi connectivity index (χ2v) is 8.33. The summed E-state index contributed by atoms with van der Waals surface area (Å²) in [5, 5.41) is 3.05. The number of nitrogens with one attached hydrogen (secondary N) is 1. The summed E-state index contributed by atoms with van der Waals surface area (Å²) >= 11 is 0. The molecule has 0 aliphatic carbocycles. The van der Waals surface area contributed by atoms with Crippen LogP contribution >= 0.6 is 0 Å². The van der Waals surface area contributed by atoms with Crippen LogP contribution in [0.15, 0.2) is 18.2 Å². The van der Waals surface area contributed by atoms with E-state index in [-0.39, 0.29) is 5.91 Å². The van der Waals surface area contributed by atoms with E-state index in [1.54, 1.807) is 0 Å². The molecule has 1 aromatic rings. The summed E-state index contributed by atoms with van der Waals surface area (Å²) in [5.74, 6) is -0.0235. The van der Waals surface area contributed by atoms with Crippen LogP contribution in [-0.2, 0) is 14.1 Å². The number of amides is 1. The Morgan fingerprint density at radius 3 is 2.09 bits per heavy atom. The fraction of sp³-hybridized carbons (Fsp3) is 0.611. The van der Waals surface area contributed by atoms with Crippen molar-refractivity contribution < 1.29 is 14.1 Å². The summed E-state index contributed by atoms with van der Waals surface area (Å²) in [4.78, 5) is 12.4. The molecule has 1 N–H and O–H groups in total. The first-order valence-corrected chi connectivity index (χ1v) is 8.12. The van der Waals surface area contributed by atoms with Crippen LogP contribution in [0.2, 0.25) is 0 Å². The maximum atomic E-state index is 12.4. The number of para-hydroxylation sites is 1. The Kier molecular flexibility index (Phi) is 4.42. The maximum absolute atomic E-state index is 12.4. The van der Waals surface area contributed by atoms with Gasteiger partial charge in [0.15, 0.2) is 0 Å². The lowest BCUT2D eigenvalue weighted by Gasteiger charge is -2.32. The van der Waals surface area contributed by atoms with Gasteiger partial charge in [-0.15, -0.1) is 0 Å². The van der Waals surface area contributed by atoms with Crippen molar-refractivity contribution in [3.05, 3.63) is 23.8 Å². The maximum Gasteiger partial charge on any atom is 0.496 e. The summed E-state index contributed by atoms with van der Waals surface area (Å²) in [6.07, 6.45) is 0. The number of rotatable bonds is 2. The van der Waals surface area contributed by atoms with E-state index in [1.807, 2.05) is 73.6 Å². The third-order valence-corrected chi connectivity index (χ3v) is 4.73. The first-order chi connectivity index (χ1) is 10.3. The van der Waals surface area contributed by atoms with Crippen LogP contribution in [0.25, 0.3) is 0 Å². The molecule has 1 fully saturated rings. The normalized spacial score (nSPS) is 19.7. The number of anilines is 1. The molecule has 1 aliphatic rings. The molecule has 4 nitrogen and oxygen atoms in total. The van der Waals surface area contributed by atoms with Gasteiger partial charge in [-0.1, -0.05) is 39.0 Å². The minimum absolute atomic E-state index is 0.0235. The second kappa shape index (κ2) is 5.64. The lowest BCUT2D eigenvalue weighted by Crippen LogP contribution is -2.41. The van der Waals surface area contributed by atoms with Crippen LogP contribution in [-0.4, -0.2) is 24.2 Å². The van der Waals surface area contributed by atoms with Crippen molar-refractivity contribution in [1.82, 2.24) is 0 Å². The third-order valence-electron chi connectivity index (χ3n) is 4.73. The molecule has 1 saturated heterocycles. The van der Waals surface area contributed by atoms with Gasteiger partial charge in [-0.3, -0.25) is 4.79 Å². The van der Waals surface area contributed by atoms with Crippen LogP contribution in [0.1, 0.15) is 54.0 Å². The Hall–Kier alpha value is -1.33. The molecule has 0 atom stereocenters. The van der Waals surface area contributed by atoms with Gasteiger partial charge in [0.25, 0.3) is 0 Å². The fourth-order valence-corrected chi connectivity index (χ4v) is 2.33. The zero-order valence-corrected chi connectivity index (χ0v) is 15.5. The first-order valence-electron chi connectivity index (χ1n) is 8.12. The van der Waals surface area contributed by atoms with Crippen LogP contribution < -0.4 is 10.8 Å². The summed E-state index contributed by atoms with van der Waals surface area (Å²) in [5.41, 5.74) is 1.36. The molecule has 1 aliphatic heterocycles. The third kappa shape index (κ3) is 3.46. The van der Waals surface area contributed by atoms with Crippen molar-refractivity contribution >= 4 is 24.2 Å². The van der Waals surface area contributed by atoms with E-state index in [9.17, 15) is 4.79 Å². The van der Waals surface area contributed by atoms with Crippen LogP contribution in [0.3, 0.4) is 0 Å². The van der Waals surface area contributed by atoms with E-state index < -0.39 is 23.7 Å². The molecule has 0 unspecified atom stereocenters.